The van der Waals surface area contributed by atoms with Gasteiger partial charge in [0.05, 0.1) is 16.3 Å². The molecule has 0 saturated heterocycles. The summed E-state index contributed by atoms with van der Waals surface area (Å²) in [5.74, 6) is -1.41. The van der Waals surface area contributed by atoms with Crippen molar-refractivity contribution in [1.82, 2.24) is 4.98 Å². The Kier molecular flexibility index (Phi) is 3.60. The van der Waals surface area contributed by atoms with Gasteiger partial charge in [-0.05, 0) is 24.6 Å². The summed E-state index contributed by atoms with van der Waals surface area (Å²) >= 11 is 1.29. The lowest BCUT2D eigenvalue weighted by molar-refractivity contribution is -0.140. The molecule has 1 unspecified atom stereocenters. The van der Waals surface area contributed by atoms with Gasteiger partial charge < -0.3 is 5.11 Å². The van der Waals surface area contributed by atoms with Gasteiger partial charge in [-0.3, -0.25) is 0 Å². The van der Waals surface area contributed by atoms with Crippen LogP contribution in [0, 0.1) is 12.7 Å². The summed E-state index contributed by atoms with van der Waals surface area (Å²) in [5.41, 5.74) is -1.02. The van der Waals surface area contributed by atoms with Gasteiger partial charge in [0.15, 0.2) is 0 Å². The molecule has 102 valence electrons. The second kappa shape index (κ2) is 4.90. The van der Waals surface area contributed by atoms with E-state index < -0.39 is 23.7 Å². The zero-order valence-electron chi connectivity index (χ0n) is 9.70. The predicted molar refractivity (Wildman–Crippen MR) is 62.3 cm³/mol. The molecule has 0 bridgehead atoms. The Hall–Kier alpha value is -1.47. The van der Waals surface area contributed by atoms with E-state index in [9.17, 15) is 22.7 Å². The molecule has 0 aliphatic rings. The lowest BCUT2D eigenvalue weighted by atomic mass is 10.0. The number of halogens is 4. The van der Waals surface area contributed by atoms with Crippen LogP contribution in [0.4, 0.5) is 17.6 Å². The van der Waals surface area contributed by atoms with Gasteiger partial charge in [0.25, 0.3) is 0 Å². The minimum Gasteiger partial charge on any atom is -0.382 e. The fraction of sp³-hybridized carbons (Fsp3) is 0.250. The number of alkyl halides is 3. The van der Waals surface area contributed by atoms with Crippen molar-refractivity contribution in [3.8, 4) is 0 Å². The Morgan fingerprint density at radius 3 is 2.47 bits per heavy atom. The number of aromatic nitrogens is 1. The molecule has 0 radical (unpaired) electrons. The number of benzene rings is 1. The molecule has 0 amide bonds. The van der Waals surface area contributed by atoms with E-state index in [1.54, 1.807) is 12.3 Å². The van der Waals surface area contributed by atoms with Crippen molar-refractivity contribution in [3.05, 3.63) is 51.2 Å². The van der Waals surface area contributed by atoms with Gasteiger partial charge in [-0.1, -0.05) is 6.07 Å². The van der Waals surface area contributed by atoms with E-state index in [-0.39, 0.29) is 5.56 Å². The fourth-order valence-corrected chi connectivity index (χ4v) is 2.24. The van der Waals surface area contributed by atoms with E-state index >= 15 is 0 Å². The van der Waals surface area contributed by atoms with Gasteiger partial charge in [0.2, 0.25) is 0 Å². The minimum atomic E-state index is -4.75. The molecule has 2 aromatic rings. The molecule has 0 fully saturated rings. The maximum Gasteiger partial charge on any atom is 0.419 e. The van der Waals surface area contributed by atoms with Crippen LogP contribution in [0.1, 0.15) is 27.9 Å². The molecule has 1 N–H and O–H groups in total. The lowest BCUT2D eigenvalue weighted by Gasteiger charge is -2.12. The van der Waals surface area contributed by atoms with E-state index in [0.717, 1.165) is 6.07 Å². The van der Waals surface area contributed by atoms with Crippen molar-refractivity contribution in [1.29, 1.82) is 0 Å². The van der Waals surface area contributed by atoms with Crippen LogP contribution < -0.4 is 0 Å². The predicted octanol–water partition coefficient (Wildman–Crippen LogP) is 3.69. The van der Waals surface area contributed by atoms with E-state index in [1.807, 2.05) is 0 Å². The molecule has 2 rings (SSSR count). The Labute approximate surface area is 110 Å². The Morgan fingerprint density at radius 2 is 2.00 bits per heavy atom. The molecule has 0 spiro atoms. The first-order valence-corrected chi connectivity index (χ1v) is 6.13. The van der Waals surface area contributed by atoms with Gasteiger partial charge in [0.1, 0.15) is 11.9 Å². The number of thiazole rings is 1. The van der Waals surface area contributed by atoms with Crippen LogP contribution in [0.5, 0.6) is 0 Å². The Bertz CT molecular complexity index is 594. The lowest BCUT2D eigenvalue weighted by Crippen LogP contribution is -2.09. The molecule has 1 heterocycles. The third-order valence-electron chi connectivity index (χ3n) is 2.53. The molecule has 0 aliphatic heterocycles. The summed E-state index contributed by atoms with van der Waals surface area (Å²) in [7, 11) is 0. The normalized spacial score (nSPS) is 13.6. The summed E-state index contributed by atoms with van der Waals surface area (Å²) in [4.78, 5) is 4.01. The van der Waals surface area contributed by atoms with Crippen molar-refractivity contribution in [2.45, 2.75) is 19.2 Å². The first-order valence-electron chi connectivity index (χ1n) is 5.26. The van der Waals surface area contributed by atoms with Crippen molar-refractivity contribution in [2.75, 3.05) is 0 Å². The minimum absolute atomic E-state index is 0.0378. The maximum absolute atomic E-state index is 13.4. The standard InChI is InChI=1S/C12H9F4NOS/c1-6-17-10(5-19-6)11(18)7-2-3-8(9(13)4-7)12(14,15)16/h2-5,11,18H,1H3. The highest BCUT2D eigenvalue weighted by molar-refractivity contribution is 7.09. The molecular formula is C12H9F4NOS. The second-order valence-electron chi connectivity index (χ2n) is 3.93. The van der Waals surface area contributed by atoms with Crippen molar-refractivity contribution >= 4 is 11.3 Å². The summed E-state index contributed by atoms with van der Waals surface area (Å²) in [5, 5.41) is 12.2. The molecule has 19 heavy (non-hydrogen) atoms. The van der Waals surface area contributed by atoms with Gasteiger partial charge in [0, 0.05) is 5.38 Å². The molecule has 1 aromatic carbocycles. The van der Waals surface area contributed by atoms with E-state index in [0.29, 0.717) is 22.8 Å². The van der Waals surface area contributed by atoms with Crippen LogP contribution in [-0.2, 0) is 6.18 Å². The van der Waals surface area contributed by atoms with Crippen LogP contribution in [0.15, 0.2) is 23.6 Å². The van der Waals surface area contributed by atoms with Crippen LogP contribution in [0.3, 0.4) is 0 Å². The van der Waals surface area contributed by atoms with Gasteiger partial charge in [-0.15, -0.1) is 11.3 Å². The highest BCUT2D eigenvalue weighted by Gasteiger charge is 2.34. The number of hydrogen-bond acceptors (Lipinski definition) is 3. The van der Waals surface area contributed by atoms with E-state index in [2.05, 4.69) is 4.98 Å². The second-order valence-corrected chi connectivity index (χ2v) is 4.99. The smallest absolute Gasteiger partial charge is 0.382 e. The van der Waals surface area contributed by atoms with E-state index in [1.165, 1.54) is 11.3 Å². The topological polar surface area (TPSA) is 33.1 Å². The molecule has 1 aromatic heterocycles. The number of nitrogens with zero attached hydrogens (tertiary/aromatic N) is 1. The first-order chi connectivity index (χ1) is 8.79. The number of aliphatic hydroxyl groups excluding tert-OH is 1. The van der Waals surface area contributed by atoms with Crippen molar-refractivity contribution < 1.29 is 22.7 Å². The number of aliphatic hydroxyl groups is 1. The number of aryl methyl sites for hydroxylation is 1. The average Bonchev–Trinajstić information content (AvgIpc) is 2.73. The highest BCUT2D eigenvalue weighted by atomic mass is 32.1. The molecular weight excluding hydrogens is 282 g/mol. The van der Waals surface area contributed by atoms with Gasteiger partial charge in [-0.2, -0.15) is 13.2 Å². The third kappa shape index (κ3) is 2.93. The molecule has 7 heteroatoms. The van der Waals surface area contributed by atoms with Crippen molar-refractivity contribution in [2.24, 2.45) is 0 Å². The van der Waals surface area contributed by atoms with Crippen LogP contribution in [-0.4, -0.2) is 10.1 Å². The zero-order valence-corrected chi connectivity index (χ0v) is 10.5. The maximum atomic E-state index is 13.4. The number of hydrogen-bond donors (Lipinski definition) is 1. The molecule has 0 saturated carbocycles. The highest BCUT2D eigenvalue weighted by Crippen LogP contribution is 2.33. The van der Waals surface area contributed by atoms with Crippen LogP contribution in [0.2, 0.25) is 0 Å². The van der Waals surface area contributed by atoms with Gasteiger partial charge >= 0.3 is 6.18 Å². The van der Waals surface area contributed by atoms with Crippen molar-refractivity contribution in [3.63, 3.8) is 0 Å². The average molecular weight is 291 g/mol. The Morgan fingerprint density at radius 1 is 1.32 bits per heavy atom. The summed E-state index contributed by atoms with van der Waals surface area (Å²) < 4.78 is 50.6. The molecule has 1 atom stereocenters. The largest absolute Gasteiger partial charge is 0.419 e. The van der Waals surface area contributed by atoms with Crippen LogP contribution >= 0.6 is 11.3 Å². The van der Waals surface area contributed by atoms with E-state index in [4.69, 9.17) is 0 Å². The monoisotopic (exact) mass is 291 g/mol. The van der Waals surface area contributed by atoms with Gasteiger partial charge in [-0.25, -0.2) is 9.37 Å². The summed E-state index contributed by atoms with van der Waals surface area (Å²) in [6.07, 6.45) is -5.98. The van der Waals surface area contributed by atoms with Crippen LogP contribution in [0.25, 0.3) is 0 Å². The third-order valence-corrected chi connectivity index (χ3v) is 3.32. The zero-order chi connectivity index (χ0) is 14.2. The Balaban J connectivity index is 2.35. The quantitative estimate of drug-likeness (QED) is 0.856. The molecule has 2 nitrogen and oxygen atoms in total. The molecule has 0 aliphatic carbocycles. The summed E-state index contributed by atoms with van der Waals surface area (Å²) in [6.45, 7) is 1.73. The fourth-order valence-electron chi connectivity index (χ4n) is 1.61. The summed E-state index contributed by atoms with van der Waals surface area (Å²) in [6, 6.07) is 2.35. The number of rotatable bonds is 2. The SMILES string of the molecule is Cc1nc(C(O)c2ccc(C(F)(F)F)c(F)c2)cs1. The first kappa shape index (κ1) is 14.0.